The summed E-state index contributed by atoms with van der Waals surface area (Å²) in [6, 6.07) is 3.15. The molecular weight excluding hydrogens is 395 g/mol. The molecule has 1 aliphatic heterocycles. The van der Waals surface area contributed by atoms with E-state index in [1.54, 1.807) is 0 Å². The summed E-state index contributed by atoms with van der Waals surface area (Å²) in [6.45, 7) is 0.347. The Kier molecular flexibility index (Phi) is 6.21. The van der Waals surface area contributed by atoms with E-state index in [1.165, 1.54) is 24.5 Å². The Bertz CT molecular complexity index is 776. The molecule has 1 N–H and O–H groups in total. The Morgan fingerprint density at radius 2 is 1.85 bits per heavy atom. The summed E-state index contributed by atoms with van der Waals surface area (Å²) >= 11 is 5.55. The predicted molar refractivity (Wildman–Crippen MR) is 92.0 cm³/mol. The molecule has 1 aromatic carbocycles. The fourth-order valence-corrected chi connectivity index (χ4v) is 4.00. The van der Waals surface area contributed by atoms with Crippen LogP contribution < -0.4 is 5.32 Å². The number of amides is 1. The van der Waals surface area contributed by atoms with Gasteiger partial charge in [-0.05, 0) is 31.0 Å². The number of hydrogen-bond acceptors (Lipinski definition) is 3. The van der Waals surface area contributed by atoms with Crippen LogP contribution in [0.2, 0.25) is 5.02 Å². The fourth-order valence-electron chi connectivity index (χ4n) is 2.64. The number of halogens is 4. The van der Waals surface area contributed by atoms with Gasteiger partial charge in [-0.2, -0.15) is 30.2 Å². The second kappa shape index (κ2) is 7.71. The summed E-state index contributed by atoms with van der Waals surface area (Å²) < 4.78 is 65.1. The third kappa shape index (κ3) is 4.67. The highest BCUT2D eigenvalue weighted by atomic mass is 35.5. The number of nitrogens with zero attached hydrogens (tertiary/aromatic N) is 2. The molecule has 1 fully saturated rings. The third-order valence-corrected chi connectivity index (χ3v) is 6.42. The van der Waals surface area contributed by atoms with E-state index in [1.807, 2.05) is 0 Å². The van der Waals surface area contributed by atoms with E-state index in [2.05, 4.69) is 5.32 Å². The Hall–Kier alpha value is -1.36. The largest absolute Gasteiger partial charge is 0.417 e. The van der Waals surface area contributed by atoms with Crippen LogP contribution >= 0.6 is 11.6 Å². The van der Waals surface area contributed by atoms with Gasteiger partial charge in [-0.15, -0.1) is 0 Å². The van der Waals surface area contributed by atoms with Gasteiger partial charge in [0.15, 0.2) is 0 Å². The highest BCUT2D eigenvalue weighted by Crippen LogP contribution is 2.36. The molecule has 0 aromatic heterocycles. The van der Waals surface area contributed by atoms with Crippen LogP contribution in [0, 0.1) is 5.92 Å². The van der Waals surface area contributed by atoms with E-state index in [0.717, 1.165) is 16.4 Å². The minimum Gasteiger partial charge on any atom is -0.326 e. The number of benzene rings is 1. The normalized spacial score (nSPS) is 17.5. The molecule has 146 valence electrons. The predicted octanol–water partition coefficient (Wildman–Crippen LogP) is 2.82. The van der Waals surface area contributed by atoms with Gasteiger partial charge in [0.05, 0.1) is 10.6 Å². The first-order valence-electron chi connectivity index (χ1n) is 7.78. The molecule has 0 bridgehead atoms. The van der Waals surface area contributed by atoms with Crippen LogP contribution in [-0.4, -0.2) is 50.1 Å². The third-order valence-electron chi connectivity index (χ3n) is 4.15. The minimum absolute atomic E-state index is 0.00457. The molecule has 0 saturated carbocycles. The van der Waals surface area contributed by atoms with Crippen LogP contribution in [0.5, 0.6) is 0 Å². The highest BCUT2D eigenvalue weighted by molar-refractivity contribution is 7.86. The zero-order valence-electron chi connectivity index (χ0n) is 14.2. The van der Waals surface area contributed by atoms with Crippen LogP contribution in [-0.2, 0) is 21.2 Å². The lowest BCUT2D eigenvalue weighted by Crippen LogP contribution is -2.46. The molecule has 11 heteroatoms. The first-order chi connectivity index (χ1) is 11.9. The van der Waals surface area contributed by atoms with Crippen LogP contribution in [0.1, 0.15) is 18.4 Å². The highest BCUT2D eigenvalue weighted by Gasteiger charge is 2.34. The zero-order valence-corrected chi connectivity index (χ0v) is 15.7. The van der Waals surface area contributed by atoms with Crippen molar-refractivity contribution in [3.8, 4) is 0 Å². The second-order valence-electron chi connectivity index (χ2n) is 6.15. The fraction of sp³-hybridized carbons (Fsp3) is 0.533. The molecule has 1 amide bonds. The summed E-state index contributed by atoms with van der Waals surface area (Å²) in [5.41, 5.74) is -1.03. The first kappa shape index (κ1) is 20.9. The van der Waals surface area contributed by atoms with Gasteiger partial charge in [-0.1, -0.05) is 11.6 Å². The molecular formula is C15H19ClF3N3O3S. The average molecular weight is 414 g/mol. The van der Waals surface area contributed by atoms with Crippen LogP contribution in [0.15, 0.2) is 18.2 Å². The number of nitrogens with one attached hydrogen (secondary N) is 1. The maximum Gasteiger partial charge on any atom is 0.417 e. The average Bonchev–Trinajstić information content (AvgIpc) is 2.55. The molecule has 26 heavy (non-hydrogen) atoms. The maximum atomic E-state index is 12.9. The molecule has 0 radical (unpaired) electrons. The summed E-state index contributed by atoms with van der Waals surface area (Å²) in [6.07, 6.45) is -4.04. The quantitative estimate of drug-likeness (QED) is 0.825. The number of carbonyl (C=O) groups excluding carboxylic acids is 1. The van der Waals surface area contributed by atoms with Gasteiger partial charge < -0.3 is 5.32 Å². The standard InChI is InChI=1S/C15H19ClF3N3O3S/c1-21(2)26(24,25)22-7-5-10(6-8-22)14(23)20-11-3-4-13(16)12(9-11)15(17,18)19/h3-4,9-10H,5-8H2,1-2H3,(H,20,23). The summed E-state index contributed by atoms with van der Waals surface area (Å²) in [7, 11) is -0.692. The molecule has 0 unspecified atom stereocenters. The number of piperidine rings is 1. The van der Waals surface area contributed by atoms with Gasteiger partial charge in [-0.25, -0.2) is 0 Å². The SMILES string of the molecule is CN(C)S(=O)(=O)N1CCC(C(=O)Nc2ccc(Cl)c(C(F)(F)F)c2)CC1. The number of hydrogen-bond donors (Lipinski definition) is 1. The van der Waals surface area contributed by atoms with Crippen LogP contribution in [0.4, 0.5) is 18.9 Å². The Balaban J connectivity index is 2.02. The lowest BCUT2D eigenvalue weighted by Gasteiger charge is -2.32. The van der Waals surface area contributed by atoms with Crippen molar-refractivity contribution in [2.75, 3.05) is 32.5 Å². The van der Waals surface area contributed by atoms with E-state index < -0.39 is 38.8 Å². The van der Waals surface area contributed by atoms with Gasteiger partial charge in [-0.3, -0.25) is 4.79 Å². The van der Waals surface area contributed by atoms with E-state index in [0.29, 0.717) is 12.8 Å². The molecule has 0 aliphatic carbocycles. The molecule has 2 rings (SSSR count). The molecule has 1 saturated heterocycles. The van der Waals surface area contributed by atoms with Crippen molar-refractivity contribution >= 4 is 33.4 Å². The van der Waals surface area contributed by atoms with Gasteiger partial charge in [0.2, 0.25) is 5.91 Å². The molecule has 0 atom stereocenters. The van der Waals surface area contributed by atoms with Crippen molar-refractivity contribution in [2.24, 2.45) is 5.92 Å². The Morgan fingerprint density at radius 3 is 2.35 bits per heavy atom. The smallest absolute Gasteiger partial charge is 0.326 e. The number of carbonyl (C=O) groups is 1. The summed E-state index contributed by atoms with van der Waals surface area (Å²) in [5, 5.41) is 2.01. The van der Waals surface area contributed by atoms with E-state index in [9.17, 15) is 26.4 Å². The Morgan fingerprint density at radius 1 is 1.27 bits per heavy atom. The molecule has 1 heterocycles. The maximum absolute atomic E-state index is 12.9. The second-order valence-corrected chi connectivity index (χ2v) is 8.69. The topological polar surface area (TPSA) is 69.7 Å². The first-order valence-corrected chi connectivity index (χ1v) is 9.55. The molecule has 1 aromatic rings. The minimum atomic E-state index is -4.62. The van der Waals surface area contributed by atoms with Crippen molar-refractivity contribution in [3.05, 3.63) is 28.8 Å². The van der Waals surface area contributed by atoms with Crippen molar-refractivity contribution in [1.82, 2.24) is 8.61 Å². The summed E-state index contributed by atoms with van der Waals surface area (Å²) in [4.78, 5) is 12.3. The van der Waals surface area contributed by atoms with E-state index >= 15 is 0 Å². The monoisotopic (exact) mass is 413 g/mol. The van der Waals surface area contributed by atoms with Gasteiger partial charge in [0, 0.05) is 38.8 Å². The Labute approximate surface area is 155 Å². The lowest BCUT2D eigenvalue weighted by atomic mass is 9.97. The molecule has 1 aliphatic rings. The van der Waals surface area contributed by atoms with Gasteiger partial charge in [0.1, 0.15) is 0 Å². The van der Waals surface area contributed by atoms with E-state index in [-0.39, 0.29) is 18.8 Å². The zero-order chi connectivity index (χ0) is 19.7. The van der Waals surface area contributed by atoms with Crippen molar-refractivity contribution in [3.63, 3.8) is 0 Å². The molecule has 0 spiro atoms. The van der Waals surface area contributed by atoms with Gasteiger partial charge in [0.25, 0.3) is 10.2 Å². The van der Waals surface area contributed by atoms with Crippen LogP contribution in [0.25, 0.3) is 0 Å². The van der Waals surface area contributed by atoms with Crippen LogP contribution in [0.3, 0.4) is 0 Å². The molecule has 6 nitrogen and oxygen atoms in total. The number of anilines is 1. The summed E-state index contributed by atoms with van der Waals surface area (Å²) in [5.74, 6) is -0.920. The van der Waals surface area contributed by atoms with Crippen molar-refractivity contribution < 1.29 is 26.4 Å². The number of rotatable bonds is 4. The van der Waals surface area contributed by atoms with E-state index in [4.69, 9.17) is 11.6 Å². The van der Waals surface area contributed by atoms with Crippen molar-refractivity contribution in [1.29, 1.82) is 0 Å². The number of alkyl halides is 3. The lowest BCUT2D eigenvalue weighted by molar-refractivity contribution is -0.137. The van der Waals surface area contributed by atoms with Crippen molar-refractivity contribution in [2.45, 2.75) is 19.0 Å². The van der Waals surface area contributed by atoms with Gasteiger partial charge >= 0.3 is 6.18 Å².